The molecular weight excluding hydrogens is 284 g/mol. The molecule has 0 spiro atoms. The molecule has 4 heteroatoms. The molecule has 1 heterocycles. The zero-order chi connectivity index (χ0) is 14.8. The number of pyridine rings is 1. The van der Waals surface area contributed by atoms with Crippen LogP contribution in [0.15, 0.2) is 48.7 Å². The molecule has 3 rings (SSSR count). The van der Waals surface area contributed by atoms with Gasteiger partial charge in [0.05, 0.1) is 0 Å². The fourth-order valence-corrected chi connectivity index (χ4v) is 2.49. The van der Waals surface area contributed by atoms with Gasteiger partial charge in [-0.05, 0) is 30.7 Å². The molecule has 0 aliphatic heterocycles. The van der Waals surface area contributed by atoms with Gasteiger partial charge in [0.2, 0.25) is 5.88 Å². The number of nitrogens with zero attached hydrogens (tertiary/aromatic N) is 1. The summed E-state index contributed by atoms with van der Waals surface area (Å²) in [5.74, 6) is 1.32. The Morgan fingerprint density at radius 1 is 1.14 bits per heavy atom. The second-order valence-corrected chi connectivity index (χ2v) is 5.27. The zero-order valence-corrected chi connectivity index (χ0v) is 12.4. The second kappa shape index (κ2) is 5.72. The molecule has 0 aliphatic rings. The molecule has 0 radical (unpaired) electrons. The molecule has 0 saturated heterocycles. The Kier molecular flexibility index (Phi) is 3.78. The first-order chi connectivity index (χ1) is 10.2. The highest BCUT2D eigenvalue weighted by molar-refractivity contribution is 6.35. The zero-order valence-electron chi connectivity index (χ0n) is 11.6. The molecule has 2 N–H and O–H groups in total. The summed E-state index contributed by atoms with van der Waals surface area (Å²) < 4.78 is 5.97. The van der Waals surface area contributed by atoms with Crippen molar-refractivity contribution in [3.05, 3.63) is 64.8 Å². The van der Waals surface area contributed by atoms with Crippen molar-refractivity contribution in [3.63, 3.8) is 0 Å². The molecule has 3 aromatic rings. The molecular formula is C17H15ClN2O. The summed E-state index contributed by atoms with van der Waals surface area (Å²) in [5, 5.41) is 2.64. The summed E-state index contributed by atoms with van der Waals surface area (Å²) in [6.07, 6.45) is 1.74. The summed E-state index contributed by atoms with van der Waals surface area (Å²) in [6, 6.07) is 13.6. The third-order valence-corrected chi connectivity index (χ3v) is 3.69. The normalized spacial score (nSPS) is 10.8. The lowest BCUT2D eigenvalue weighted by Gasteiger charge is -2.11. The number of hydrogen-bond donors (Lipinski definition) is 1. The second-order valence-electron chi connectivity index (χ2n) is 4.86. The highest BCUT2D eigenvalue weighted by Crippen LogP contribution is 2.34. The molecule has 1 aromatic heterocycles. The van der Waals surface area contributed by atoms with Gasteiger partial charge in [-0.2, -0.15) is 0 Å². The predicted molar refractivity (Wildman–Crippen MR) is 85.9 cm³/mol. The van der Waals surface area contributed by atoms with Gasteiger partial charge in [-0.15, -0.1) is 0 Å². The van der Waals surface area contributed by atoms with Crippen LogP contribution in [-0.4, -0.2) is 4.98 Å². The van der Waals surface area contributed by atoms with E-state index in [-0.39, 0.29) is 0 Å². The third kappa shape index (κ3) is 2.71. The van der Waals surface area contributed by atoms with Crippen LogP contribution in [0.2, 0.25) is 5.02 Å². The Morgan fingerprint density at radius 2 is 1.90 bits per heavy atom. The van der Waals surface area contributed by atoms with Gasteiger partial charge >= 0.3 is 0 Å². The van der Waals surface area contributed by atoms with E-state index < -0.39 is 0 Å². The number of benzene rings is 2. The van der Waals surface area contributed by atoms with Crippen LogP contribution in [0, 0.1) is 6.92 Å². The smallest absolute Gasteiger partial charge is 0.222 e. The summed E-state index contributed by atoms with van der Waals surface area (Å²) in [7, 11) is 0. The van der Waals surface area contributed by atoms with Gasteiger partial charge in [0.25, 0.3) is 0 Å². The summed E-state index contributed by atoms with van der Waals surface area (Å²) in [6.45, 7) is 2.43. The number of halogens is 1. The molecule has 0 bridgehead atoms. The Bertz CT molecular complexity index is 802. The van der Waals surface area contributed by atoms with Crippen LogP contribution in [0.3, 0.4) is 0 Å². The van der Waals surface area contributed by atoms with E-state index in [0.29, 0.717) is 17.4 Å². The van der Waals surface area contributed by atoms with E-state index in [1.54, 1.807) is 6.20 Å². The lowest BCUT2D eigenvalue weighted by Crippen LogP contribution is -1.99. The van der Waals surface area contributed by atoms with E-state index >= 15 is 0 Å². The van der Waals surface area contributed by atoms with Crippen molar-refractivity contribution in [3.8, 4) is 11.6 Å². The van der Waals surface area contributed by atoms with Gasteiger partial charge in [-0.1, -0.05) is 35.9 Å². The molecule has 2 aromatic carbocycles. The number of rotatable bonds is 3. The molecule has 0 saturated carbocycles. The van der Waals surface area contributed by atoms with E-state index in [9.17, 15) is 0 Å². The van der Waals surface area contributed by atoms with E-state index in [1.165, 1.54) is 0 Å². The maximum absolute atomic E-state index is 6.22. The molecule has 3 nitrogen and oxygen atoms in total. The topological polar surface area (TPSA) is 48.1 Å². The van der Waals surface area contributed by atoms with Crippen molar-refractivity contribution in [1.29, 1.82) is 0 Å². The molecule has 0 fully saturated rings. The third-order valence-electron chi connectivity index (χ3n) is 3.36. The van der Waals surface area contributed by atoms with Gasteiger partial charge in [0.15, 0.2) is 0 Å². The largest absolute Gasteiger partial charge is 0.438 e. The summed E-state index contributed by atoms with van der Waals surface area (Å²) in [5.41, 5.74) is 7.56. The number of ether oxygens (including phenoxy) is 1. The maximum atomic E-state index is 6.22. The van der Waals surface area contributed by atoms with Crippen LogP contribution in [0.4, 0.5) is 0 Å². The Balaban J connectivity index is 2.04. The SMILES string of the molecule is Cc1cc(CN)cnc1Oc1ccc(Cl)c2ccccc12. The fourth-order valence-electron chi connectivity index (χ4n) is 2.27. The van der Waals surface area contributed by atoms with Crippen molar-refractivity contribution in [2.24, 2.45) is 5.73 Å². The van der Waals surface area contributed by atoms with Crippen molar-refractivity contribution < 1.29 is 4.74 Å². The first-order valence-corrected chi connectivity index (χ1v) is 7.07. The molecule has 106 valence electrons. The Labute approximate surface area is 128 Å². The first kappa shape index (κ1) is 13.9. The van der Waals surface area contributed by atoms with Gasteiger partial charge < -0.3 is 10.5 Å². The lowest BCUT2D eigenvalue weighted by molar-refractivity contribution is 0.463. The highest BCUT2D eigenvalue weighted by Gasteiger charge is 2.09. The van der Waals surface area contributed by atoms with Gasteiger partial charge in [0.1, 0.15) is 5.75 Å². The average molecular weight is 299 g/mol. The van der Waals surface area contributed by atoms with E-state index in [1.807, 2.05) is 49.4 Å². The number of aryl methyl sites for hydroxylation is 1. The highest BCUT2D eigenvalue weighted by atomic mass is 35.5. The first-order valence-electron chi connectivity index (χ1n) is 6.69. The molecule has 0 aliphatic carbocycles. The van der Waals surface area contributed by atoms with Crippen LogP contribution in [-0.2, 0) is 6.54 Å². The van der Waals surface area contributed by atoms with Crippen molar-refractivity contribution in [2.45, 2.75) is 13.5 Å². The predicted octanol–water partition coefficient (Wildman–Crippen LogP) is 4.45. The Hall–Kier alpha value is -2.10. The quantitative estimate of drug-likeness (QED) is 0.777. The summed E-state index contributed by atoms with van der Waals surface area (Å²) >= 11 is 6.22. The van der Waals surface area contributed by atoms with Crippen LogP contribution in [0.1, 0.15) is 11.1 Å². The molecule has 21 heavy (non-hydrogen) atoms. The molecule has 0 atom stereocenters. The minimum Gasteiger partial charge on any atom is -0.438 e. The van der Waals surface area contributed by atoms with Crippen molar-refractivity contribution in [1.82, 2.24) is 4.98 Å². The van der Waals surface area contributed by atoms with Crippen LogP contribution < -0.4 is 10.5 Å². The van der Waals surface area contributed by atoms with E-state index in [2.05, 4.69) is 4.98 Å². The summed E-state index contributed by atoms with van der Waals surface area (Å²) in [4.78, 5) is 4.34. The average Bonchev–Trinajstić information content (AvgIpc) is 2.52. The standard InChI is InChI=1S/C17H15ClN2O/c1-11-8-12(9-19)10-20-17(11)21-16-7-6-15(18)13-4-2-3-5-14(13)16/h2-8,10H,9,19H2,1H3. The van der Waals surface area contributed by atoms with Gasteiger partial charge in [-0.3, -0.25) is 0 Å². The number of nitrogens with two attached hydrogens (primary N) is 1. The van der Waals surface area contributed by atoms with Crippen LogP contribution in [0.5, 0.6) is 11.6 Å². The number of aromatic nitrogens is 1. The monoisotopic (exact) mass is 298 g/mol. The Morgan fingerprint density at radius 3 is 2.62 bits per heavy atom. The van der Waals surface area contributed by atoms with Gasteiger partial charge in [0, 0.05) is 34.1 Å². The maximum Gasteiger partial charge on any atom is 0.222 e. The van der Waals surface area contributed by atoms with Crippen LogP contribution >= 0.6 is 11.6 Å². The van der Waals surface area contributed by atoms with E-state index in [0.717, 1.165) is 27.6 Å². The molecule has 0 amide bonds. The number of fused-ring (bicyclic) bond motifs is 1. The minimum absolute atomic E-state index is 0.470. The van der Waals surface area contributed by atoms with Gasteiger partial charge in [-0.25, -0.2) is 4.98 Å². The van der Waals surface area contributed by atoms with E-state index in [4.69, 9.17) is 22.1 Å². The van der Waals surface area contributed by atoms with Crippen LogP contribution in [0.25, 0.3) is 10.8 Å². The molecule has 0 unspecified atom stereocenters. The lowest BCUT2D eigenvalue weighted by atomic mass is 10.1. The van der Waals surface area contributed by atoms with Crippen molar-refractivity contribution in [2.75, 3.05) is 0 Å². The minimum atomic E-state index is 0.470. The van der Waals surface area contributed by atoms with Crippen molar-refractivity contribution >= 4 is 22.4 Å². The number of hydrogen-bond acceptors (Lipinski definition) is 3. The fraction of sp³-hybridized carbons (Fsp3) is 0.118.